The standard InChI is InChI=1S/C31H26BrF3N4O5/c1-30(29(36)41)13-44-27-19(30)10-22(39-26(27)18-5-6-20(33)24(35)23(18)34)31(42,16-3-4-16)12-38-28(40)15-7-14-8-17(32)11-37-25(14)21(9-15)43-2/h5-11,16,42H,3-4,12-13H2,1-2H3,(H2,36,41)(H,38,40)/t30-,31+/m0/s1. The van der Waals surface area contributed by atoms with Gasteiger partial charge in [0.15, 0.2) is 17.5 Å². The molecule has 4 aromatic rings. The van der Waals surface area contributed by atoms with Crippen LogP contribution in [-0.2, 0) is 15.8 Å². The average molecular weight is 671 g/mol. The van der Waals surface area contributed by atoms with Gasteiger partial charge < -0.3 is 25.6 Å². The SMILES string of the molecule is COc1cc(C(=O)NC[C@](O)(c2cc3c(c(-c4ccc(F)c(F)c4F)n2)OC[C@]3(C)C(N)=O)C2CC2)cc2cc(Br)cnc12. The molecule has 0 saturated heterocycles. The van der Waals surface area contributed by atoms with Crippen molar-refractivity contribution in [1.29, 1.82) is 0 Å². The summed E-state index contributed by atoms with van der Waals surface area (Å²) < 4.78 is 55.1. The molecule has 2 aromatic heterocycles. The second-order valence-corrected chi connectivity index (χ2v) is 12.1. The molecule has 0 radical (unpaired) electrons. The fourth-order valence-corrected chi connectivity index (χ4v) is 5.85. The van der Waals surface area contributed by atoms with Crippen molar-refractivity contribution >= 4 is 38.6 Å². The number of aliphatic hydroxyl groups is 1. The molecular weight excluding hydrogens is 645 g/mol. The quantitative estimate of drug-likeness (QED) is 0.232. The summed E-state index contributed by atoms with van der Waals surface area (Å²) in [7, 11) is 1.46. The first-order chi connectivity index (χ1) is 20.9. The van der Waals surface area contributed by atoms with E-state index in [1.807, 2.05) is 0 Å². The number of nitrogens with zero attached hydrogens (tertiary/aromatic N) is 2. The Bertz CT molecular complexity index is 1870. The van der Waals surface area contributed by atoms with Crippen LogP contribution in [0.15, 0.2) is 47.1 Å². The lowest BCUT2D eigenvalue weighted by Gasteiger charge is -2.30. The Morgan fingerprint density at radius 2 is 1.95 bits per heavy atom. The van der Waals surface area contributed by atoms with E-state index in [0.717, 1.165) is 12.1 Å². The molecule has 6 rings (SSSR count). The van der Waals surface area contributed by atoms with Crippen molar-refractivity contribution in [1.82, 2.24) is 15.3 Å². The van der Waals surface area contributed by atoms with Crippen LogP contribution < -0.4 is 20.5 Å². The Hall–Kier alpha value is -4.23. The average Bonchev–Trinajstić information content (AvgIpc) is 3.81. The van der Waals surface area contributed by atoms with E-state index in [9.17, 15) is 23.5 Å². The van der Waals surface area contributed by atoms with Gasteiger partial charge in [0.1, 0.15) is 40.3 Å². The van der Waals surface area contributed by atoms with E-state index in [1.54, 1.807) is 18.3 Å². The number of amides is 2. The summed E-state index contributed by atoms with van der Waals surface area (Å²) in [6.45, 7) is 0.996. The van der Waals surface area contributed by atoms with Gasteiger partial charge in [-0.05, 0) is 78.0 Å². The molecule has 0 spiro atoms. The number of hydrogen-bond donors (Lipinski definition) is 3. The largest absolute Gasteiger partial charge is 0.494 e. The Morgan fingerprint density at radius 3 is 2.64 bits per heavy atom. The molecule has 9 nitrogen and oxygen atoms in total. The molecule has 1 fully saturated rings. The molecule has 228 valence electrons. The molecule has 2 atom stereocenters. The number of pyridine rings is 2. The molecule has 4 N–H and O–H groups in total. The lowest BCUT2D eigenvalue weighted by atomic mass is 9.81. The van der Waals surface area contributed by atoms with Gasteiger partial charge in [0.25, 0.3) is 5.91 Å². The maximum absolute atomic E-state index is 15.1. The first kappa shape index (κ1) is 29.8. The van der Waals surface area contributed by atoms with Crippen molar-refractivity contribution in [2.24, 2.45) is 11.7 Å². The van der Waals surface area contributed by atoms with Gasteiger partial charge >= 0.3 is 0 Å². The Labute approximate surface area is 257 Å². The third-order valence-electron chi connectivity index (χ3n) is 8.32. The predicted molar refractivity (Wildman–Crippen MR) is 157 cm³/mol. The number of methoxy groups -OCH3 is 1. The van der Waals surface area contributed by atoms with Gasteiger partial charge in [0.2, 0.25) is 5.91 Å². The maximum atomic E-state index is 15.1. The number of carbonyl (C=O) groups excluding carboxylic acids is 2. The van der Waals surface area contributed by atoms with Gasteiger partial charge in [-0.1, -0.05) is 0 Å². The molecule has 1 aliphatic carbocycles. The number of ether oxygens (including phenoxy) is 2. The lowest BCUT2D eigenvalue weighted by molar-refractivity contribution is -0.123. The molecule has 2 aliphatic rings. The van der Waals surface area contributed by atoms with Crippen molar-refractivity contribution in [3.05, 3.63) is 81.3 Å². The highest BCUT2D eigenvalue weighted by Crippen LogP contribution is 2.50. The Morgan fingerprint density at radius 1 is 1.20 bits per heavy atom. The molecule has 2 amide bonds. The highest BCUT2D eigenvalue weighted by atomic mass is 79.9. The minimum atomic E-state index is -1.79. The first-order valence-electron chi connectivity index (χ1n) is 13.6. The third-order valence-corrected chi connectivity index (χ3v) is 8.75. The summed E-state index contributed by atoms with van der Waals surface area (Å²) in [5.41, 5.74) is 2.86. The van der Waals surface area contributed by atoms with Gasteiger partial charge in [-0.3, -0.25) is 14.6 Å². The molecule has 0 unspecified atom stereocenters. The van der Waals surface area contributed by atoms with E-state index in [1.165, 1.54) is 26.2 Å². The summed E-state index contributed by atoms with van der Waals surface area (Å²) >= 11 is 3.37. The number of nitrogens with two attached hydrogens (primary N) is 1. The van der Waals surface area contributed by atoms with Crippen molar-refractivity contribution in [2.45, 2.75) is 30.8 Å². The van der Waals surface area contributed by atoms with Crippen molar-refractivity contribution in [3.8, 4) is 22.8 Å². The molecule has 13 heteroatoms. The Kier molecular flexibility index (Phi) is 7.28. The van der Waals surface area contributed by atoms with Gasteiger partial charge in [0.05, 0.1) is 19.3 Å². The number of primary amides is 1. The number of benzene rings is 2. The zero-order chi connectivity index (χ0) is 31.6. The van der Waals surface area contributed by atoms with Crippen LogP contribution >= 0.6 is 15.9 Å². The summed E-state index contributed by atoms with van der Waals surface area (Å²) in [4.78, 5) is 34.8. The minimum Gasteiger partial charge on any atom is -0.494 e. The number of nitrogens with one attached hydrogen (secondary N) is 1. The van der Waals surface area contributed by atoms with E-state index in [0.29, 0.717) is 34.0 Å². The van der Waals surface area contributed by atoms with Gasteiger partial charge in [-0.15, -0.1) is 0 Å². The second kappa shape index (κ2) is 10.7. The van der Waals surface area contributed by atoms with E-state index < -0.39 is 45.8 Å². The molecule has 3 heterocycles. The zero-order valence-electron chi connectivity index (χ0n) is 23.5. The fourth-order valence-electron chi connectivity index (χ4n) is 5.50. The van der Waals surface area contributed by atoms with Crippen LogP contribution in [-0.4, -0.2) is 47.2 Å². The van der Waals surface area contributed by atoms with Crippen LogP contribution in [0.5, 0.6) is 11.5 Å². The summed E-state index contributed by atoms with van der Waals surface area (Å²) in [5, 5.41) is 15.5. The molecule has 1 aliphatic heterocycles. The molecule has 0 bridgehead atoms. The van der Waals surface area contributed by atoms with Crippen molar-refractivity contribution in [2.75, 3.05) is 20.3 Å². The van der Waals surface area contributed by atoms with E-state index in [2.05, 4.69) is 31.2 Å². The van der Waals surface area contributed by atoms with Crippen LogP contribution in [0.1, 0.15) is 41.4 Å². The number of rotatable bonds is 8. The fraction of sp³-hybridized carbons (Fsp3) is 0.290. The third kappa shape index (κ3) is 4.84. The van der Waals surface area contributed by atoms with Crippen LogP contribution in [0, 0.1) is 23.4 Å². The van der Waals surface area contributed by atoms with Gasteiger partial charge in [-0.25, -0.2) is 18.2 Å². The van der Waals surface area contributed by atoms with Crippen LogP contribution in [0.3, 0.4) is 0 Å². The van der Waals surface area contributed by atoms with Gasteiger partial charge in [-0.2, -0.15) is 0 Å². The van der Waals surface area contributed by atoms with E-state index in [4.69, 9.17) is 15.2 Å². The zero-order valence-corrected chi connectivity index (χ0v) is 25.1. The highest BCUT2D eigenvalue weighted by molar-refractivity contribution is 9.10. The van der Waals surface area contributed by atoms with E-state index in [-0.39, 0.29) is 47.3 Å². The van der Waals surface area contributed by atoms with Crippen LogP contribution in [0.4, 0.5) is 13.2 Å². The number of carbonyl (C=O) groups is 2. The van der Waals surface area contributed by atoms with Crippen molar-refractivity contribution in [3.63, 3.8) is 0 Å². The first-order valence-corrected chi connectivity index (χ1v) is 14.4. The van der Waals surface area contributed by atoms with E-state index >= 15 is 4.39 Å². The van der Waals surface area contributed by atoms with Crippen LogP contribution in [0.25, 0.3) is 22.2 Å². The predicted octanol–water partition coefficient (Wildman–Crippen LogP) is 4.65. The topological polar surface area (TPSA) is 137 Å². The monoisotopic (exact) mass is 670 g/mol. The maximum Gasteiger partial charge on any atom is 0.251 e. The summed E-state index contributed by atoms with van der Waals surface area (Å²) in [6.07, 6.45) is 2.79. The van der Waals surface area contributed by atoms with Crippen LogP contribution in [0.2, 0.25) is 0 Å². The van der Waals surface area contributed by atoms with Gasteiger partial charge in [0, 0.05) is 32.7 Å². The summed E-state index contributed by atoms with van der Waals surface area (Å²) in [6, 6.07) is 8.14. The normalized spacial score (nSPS) is 18.8. The summed E-state index contributed by atoms with van der Waals surface area (Å²) in [5.74, 6) is -5.91. The number of fused-ring (bicyclic) bond motifs is 2. The molecule has 2 aromatic carbocycles. The lowest BCUT2D eigenvalue weighted by Crippen LogP contribution is -2.44. The number of aromatic nitrogens is 2. The molecule has 1 saturated carbocycles. The molecular formula is C31H26BrF3N4O5. The van der Waals surface area contributed by atoms with Crippen molar-refractivity contribution < 1.29 is 37.3 Å². The smallest absolute Gasteiger partial charge is 0.251 e. The molecule has 44 heavy (non-hydrogen) atoms. The Balaban J connectivity index is 1.42. The second-order valence-electron chi connectivity index (χ2n) is 11.2. The number of hydrogen-bond acceptors (Lipinski definition) is 7. The number of halogens is 4. The highest BCUT2D eigenvalue weighted by Gasteiger charge is 2.50. The minimum absolute atomic E-state index is 0.0135.